The van der Waals surface area contributed by atoms with Gasteiger partial charge in [-0.05, 0) is 55.5 Å². The van der Waals surface area contributed by atoms with Crippen LogP contribution < -0.4 is 10.1 Å². The van der Waals surface area contributed by atoms with Gasteiger partial charge in [0.1, 0.15) is 27.3 Å². The Labute approximate surface area is 205 Å². The summed E-state index contributed by atoms with van der Waals surface area (Å²) < 4.78 is 39.2. The molecule has 0 aliphatic carbocycles. The number of thiazole rings is 1. The van der Waals surface area contributed by atoms with E-state index in [1.807, 2.05) is 31.2 Å². The van der Waals surface area contributed by atoms with Gasteiger partial charge in [-0.3, -0.25) is 4.79 Å². The van der Waals surface area contributed by atoms with Crippen LogP contribution in [0.5, 0.6) is 5.75 Å². The minimum Gasteiger partial charge on any atom is -0.494 e. The molecule has 3 aromatic heterocycles. The zero-order valence-corrected chi connectivity index (χ0v) is 20.8. The molecule has 0 saturated carbocycles. The van der Waals surface area contributed by atoms with E-state index in [1.165, 1.54) is 15.6 Å². The summed E-state index contributed by atoms with van der Waals surface area (Å²) in [6.07, 6.45) is 1.99. The Morgan fingerprint density at radius 3 is 2.94 bits per heavy atom. The number of fused-ring (bicyclic) bond motifs is 1. The third kappa shape index (κ3) is 4.48. The second kappa shape index (κ2) is 9.49. The predicted octanol–water partition coefficient (Wildman–Crippen LogP) is 5.20. The molecule has 0 spiro atoms. The summed E-state index contributed by atoms with van der Waals surface area (Å²) in [7, 11) is -3.72. The lowest BCUT2D eigenvalue weighted by Gasteiger charge is -2.32. The summed E-state index contributed by atoms with van der Waals surface area (Å²) in [5.74, 6) is 0.981. The molecule has 1 saturated heterocycles. The Morgan fingerprint density at radius 2 is 2.15 bits per heavy atom. The minimum absolute atomic E-state index is 0.251. The maximum absolute atomic E-state index is 13.1. The third-order valence-corrected chi connectivity index (χ3v) is 9.64. The first kappa shape index (κ1) is 23.0. The number of carbonyl (C=O) groups excluding carboxylic acids is 1. The first-order chi connectivity index (χ1) is 16.5. The summed E-state index contributed by atoms with van der Waals surface area (Å²) in [6.45, 7) is 2.84. The van der Waals surface area contributed by atoms with Crippen molar-refractivity contribution in [3.05, 3.63) is 47.2 Å². The molecule has 0 radical (unpaired) electrons. The summed E-state index contributed by atoms with van der Waals surface area (Å²) in [5.41, 5.74) is 1.31. The average Bonchev–Trinajstić information content (AvgIpc) is 3.59. The average molecular weight is 518 g/mol. The monoisotopic (exact) mass is 517 g/mol. The lowest BCUT2D eigenvalue weighted by atomic mass is 10.0. The number of hydrogen-bond donors (Lipinski definition) is 1. The number of anilines is 1. The third-order valence-electron chi connectivity index (χ3n) is 5.60. The lowest BCUT2D eigenvalue weighted by Crippen LogP contribution is -2.49. The number of aromatic nitrogens is 1. The van der Waals surface area contributed by atoms with Crippen LogP contribution in [0.4, 0.5) is 5.13 Å². The van der Waals surface area contributed by atoms with Crippen LogP contribution in [0, 0.1) is 0 Å². The SMILES string of the molecule is CCOc1ccc2oc(-c3csc(NC(=O)C4CCCCN4S(=O)(=O)c4cccs4)n3)cc2c1. The highest BCUT2D eigenvalue weighted by Crippen LogP contribution is 2.33. The van der Waals surface area contributed by atoms with Crippen LogP contribution in [-0.4, -0.2) is 42.8 Å². The Balaban J connectivity index is 1.34. The highest BCUT2D eigenvalue weighted by Gasteiger charge is 2.38. The first-order valence-corrected chi connectivity index (χ1v) is 14.1. The molecule has 0 bridgehead atoms. The molecule has 34 heavy (non-hydrogen) atoms. The summed E-state index contributed by atoms with van der Waals surface area (Å²) in [4.78, 5) is 17.6. The second-order valence-electron chi connectivity index (χ2n) is 7.83. The number of carbonyl (C=O) groups is 1. The zero-order valence-electron chi connectivity index (χ0n) is 18.4. The van der Waals surface area contributed by atoms with Crippen LogP contribution in [-0.2, 0) is 14.8 Å². The normalized spacial score (nSPS) is 17.1. The smallest absolute Gasteiger partial charge is 0.253 e. The van der Waals surface area contributed by atoms with Gasteiger partial charge in [0, 0.05) is 17.3 Å². The molecule has 178 valence electrons. The summed E-state index contributed by atoms with van der Waals surface area (Å²) >= 11 is 2.43. The molecule has 1 N–H and O–H groups in total. The fourth-order valence-electron chi connectivity index (χ4n) is 4.02. The molecule has 5 rings (SSSR count). The zero-order chi connectivity index (χ0) is 23.7. The van der Waals surface area contributed by atoms with Gasteiger partial charge in [-0.2, -0.15) is 4.31 Å². The van der Waals surface area contributed by atoms with Crippen molar-refractivity contribution in [3.8, 4) is 17.2 Å². The molecular weight excluding hydrogens is 494 g/mol. The Morgan fingerprint density at radius 1 is 1.26 bits per heavy atom. The maximum atomic E-state index is 13.1. The number of benzene rings is 1. The van der Waals surface area contributed by atoms with Crippen LogP contribution in [0.2, 0.25) is 0 Å². The number of nitrogens with one attached hydrogen (secondary N) is 1. The van der Waals surface area contributed by atoms with Gasteiger partial charge in [0.25, 0.3) is 10.0 Å². The van der Waals surface area contributed by atoms with Gasteiger partial charge in [0.2, 0.25) is 5.91 Å². The van der Waals surface area contributed by atoms with Gasteiger partial charge >= 0.3 is 0 Å². The van der Waals surface area contributed by atoms with Crippen LogP contribution in [0.1, 0.15) is 26.2 Å². The molecule has 1 atom stereocenters. The van der Waals surface area contributed by atoms with E-state index in [1.54, 1.807) is 22.9 Å². The first-order valence-electron chi connectivity index (χ1n) is 10.9. The van der Waals surface area contributed by atoms with Gasteiger partial charge in [-0.1, -0.05) is 12.5 Å². The number of piperidine rings is 1. The van der Waals surface area contributed by atoms with E-state index in [-0.39, 0.29) is 10.1 Å². The van der Waals surface area contributed by atoms with Crippen molar-refractivity contribution >= 4 is 54.7 Å². The molecule has 1 amide bonds. The number of hydrogen-bond acceptors (Lipinski definition) is 8. The van der Waals surface area contributed by atoms with E-state index in [0.717, 1.165) is 35.3 Å². The molecule has 1 aromatic carbocycles. The van der Waals surface area contributed by atoms with Gasteiger partial charge in [-0.15, -0.1) is 22.7 Å². The molecule has 1 unspecified atom stereocenters. The molecule has 1 aliphatic heterocycles. The quantitative estimate of drug-likeness (QED) is 0.362. The molecule has 4 heterocycles. The maximum Gasteiger partial charge on any atom is 0.253 e. The van der Waals surface area contributed by atoms with Crippen LogP contribution in [0.25, 0.3) is 22.4 Å². The molecule has 1 aliphatic rings. The van der Waals surface area contributed by atoms with Crippen molar-refractivity contribution in [1.29, 1.82) is 0 Å². The number of rotatable bonds is 7. The highest BCUT2D eigenvalue weighted by atomic mass is 32.2. The van der Waals surface area contributed by atoms with Crippen molar-refractivity contribution < 1.29 is 22.4 Å². The van der Waals surface area contributed by atoms with Crippen molar-refractivity contribution in [2.24, 2.45) is 0 Å². The molecule has 8 nitrogen and oxygen atoms in total. The summed E-state index contributed by atoms with van der Waals surface area (Å²) in [6, 6.07) is 10.00. The number of thiophene rings is 1. The van der Waals surface area contributed by atoms with Gasteiger partial charge < -0.3 is 14.5 Å². The van der Waals surface area contributed by atoms with Crippen molar-refractivity contribution in [2.45, 2.75) is 36.4 Å². The molecule has 1 fully saturated rings. The largest absolute Gasteiger partial charge is 0.494 e. The lowest BCUT2D eigenvalue weighted by molar-refractivity contribution is -0.120. The Bertz CT molecular complexity index is 1410. The van der Waals surface area contributed by atoms with Crippen LogP contribution in [0.3, 0.4) is 0 Å². The summed E-state index contributed by atoms with van der Waals surface area (Å²) in [5, 5.41) is 7.63. The molecular formula is C23H23N3O5S3. The van der Waals surface area contributed by atoms with E-state index < -0.39 is 16.1 Å². The Kier molecular flexibility index (Phi) is 6.43. The number of sulfonamides is 1. The van der Waals surface area contributed by atoms with Crippen molar-refractivity contribution in [2.75, 3.05) is 18.5 Å². The standard InChI is InChI=1S/C23H23N3O5S3/c1-2-30-16-8-9-19-15(12-16)13-20(31-19)17-14-33-23(24-17)25-22(27)18-6-3-4-10-26(18)34(28,29)21-7-5-11-32-21/h5,7-9,11-14,18H,2-4,6,10H2,1H3,(H,24,25,27). The fraction of sp³-hybridized carbons (Fsp3) is 0.304. The van der Waals surface area contributed by atoms with Gasteiger partial charge in [0.05, 0.1) is 6.61 Å². The number of amides is 1. The van der Waals surface area contributed by atoms with Crippen LogP contribution >= 0.6 is 22.7 Å². The van der Waals surface area contributed by atoms with E-state index in [0.29, 0.717) is 41.7 Å². The predicted molar refractivity (Wildman–Crippen MR) is 133 cm³/mol. The fourth-order valence-corrected chi connectivity index (χ4v) is 7.50. The number of furan rings is 1. The van der Waals surface area contributed by atoms with Crippen LogP contribution in [0.15, 0.2) is 55.8 Å². The minimum atomic E-state index is -3.72. The topological polar surface area (TPSA) is 102 Å². The molecule has 4 aromatic rings. The van der Waals surface area contributed by atoms with Crippen molar-refractivity contribution in [3.63, 3.8) is 0 Å². The van der Waals surface area contributed by atoms with E-state index in [4.69, 9.17) is 9.15 Å². The van der Waals surface area contributed by atoms with E-state index >= 15 is 0 Å². The second-order valence-corrected chi connectivity index (χ2v) is 11.8. The van der Waals surface area contributed by atoms with Crippen molar-refractivity contribution in [1.82, 2.24) is 9.29 Å². The van der Waals surface area contributed by atoms with Gasteiger partial charge in [0.15, 0.2) is 10.9 Å². The van der Waals surface area contributed by atoms with Gasteiger partial charge in [-0.25, -0.2) is 13.4 Å². The number of ether oxygens (including phenoxy) is 1. The van der Waals surface area contributed by atoms with E-state index in [2.05, 4.69) is 10.3 Å². The number of nitrogens with zero attached hydrogens (tertiary/aromatic N) is 2. The highest BCUT2D eigenvalue weighted by molar-refractivity contribution is 7.91. The van der Waals surface area contributed by atoms with E-state index in [9.17, 15) is 13.2 Å². The molecule has 11 heteroatoms. The Hall–Kier alpha value is -2.73.